The van der Waals surface area contributed by atoms with E-state index in [9.17, 15) is 8.42 Å². The number of hydrogen-bond donors (Lipinski definition) is 3. The highest BCUT2D eigenvalue weighted by Crippen LogP contribution is 2.12. The highest BCUT2D eigenvalue weighted by Gasteiger charge is 2.14. The summed E-state index contributed by atoms with van der Waals surface area (Å²) in [6.07, 6.45) is 1.58. The van der Waals surface area contributed by atoms with Gasteiger partial charge in [-0.25, -0.2) is 13.1 Å². The minimum absolute atomic E-state index is 0.133. The second-order valence-electron chi connectivity index (χ2n) is 4.33. The summed E-state index contributed by atoms with van der Waals surface area (Å²) in [7, 11) is -3.62. The summed E-state index contributed by atoms with van der Waals surface area (Å²) >= 11 is 0. The van der Waals surface area contributed by atoms with Crippen LogP contribution in [0.4, 0.5) is 0 Å². The molecule has 0 saturated carbocycles. The van der Waals surface area contributed by atoms with Gasteiger partial charge in [-0.1, -0.05) is 17.9 Å². The highest BCUT2D eigenvalue weighted by molar-refractivity contribution is 7.89. The van der Waals surface area contributed by atoms with Gasteiger partial charge in [0.05, 0.1) is 11.1 Å². The van der Waals surface area contributed by atoms with Crippen molar-refractivity contribution in [3.8, 4) is 11.8 Å². The molecule has 0 aliphatic heterocycles. The van der Waals surface area contributed by atoms with Gasteiger partial charge in [-0.15, -0.1) is 0 Å². The van der Waals surface area contributed by atoms with Crippen molar-refractivity contribution in [3.05, 3.63) is 47.3 Å². The van der Waals surface area contributed by atoms with E-state index < -0.39 is 10.0 Å². The number of aliphatic hydroxyl groups is 1. The Bertz CT molecular complexity index is 785. The van der Waals surface area contributed by atoms with Crippen LogP contribution in [0.1, 0.15) is 16.8 Å². The average molecular weight is 305 g/mol. The molecule has 6 nitrogen and oxygen atoms in total. The normalized spacial score (nSPS) is 11.0. The fourth-order valence-corrected chi connectivity index (χ4v) is 2.74. The van der Waals surface area contributed by atoms with Crippen molar-refractivity contribution in [2.75, 3.05) is 6.61 Å². The zero-order chi connectivity index (χ0) is 15.3. The van der Waals surface area contributed by atoms with Crippen LogP contribution in [0.15, 0.2) is 35.4 Å². The maximum Gasteiger partial charge on any atom is 0.240 e. The Labute approximate surface area is 123 Å². The molecule has 0 aliphatic rings. The number of H-pyrrole nitrogens is 1. The Morgan fingerprint density at radius 3 is 2.90 bits per heavy atom. The topological polar surface area (TPSA) is 95.1 Å². The molecule has 0 radical (unpaired) electrons. The summed E-state index contributed by atoms with van der Waals surface area (Å²) in [4.78, 5) is 0.133. The van der Waals surface area contributed by atoms with E-state index in [4.69, 9.17) is 5.11 Å². The zero-order valence-electron chi connectivity index (χ0n) is 11.4. The smallest absolute Gasteiger partial charge is 0.240 e. The third-order valence-electron chi connectivity index (χ3n) is 2.84. The molecule has 3 N–H and O–H groups in total. The Morgan fingerprint density at radius 1 is 1.43 bits per heavy atom. The van der Waals surface area contributed by atoms with Crippen molar-refractivity contribution in [1.82, 2.24) is 14.9 Å². The summed E-state index contributed by atoms with van der Waals surface area (Å²) in [5.41, 5.74) is 2.14. The lowest BCUT2D eigenvalue weighted by atomic mass is 10.2. The summed E-state index contributed by atoms with van der Waals surface area (Å²) < 4.78 is 27.0. The summed E-state index contributed by atoms with van der Waals surface area (Å²) in [5, 5.41) is 15.3. The maximum atomic E-state index is 12.2. The van der Waals surface area contributed by atoms with Crippen LogP contribution in [-0.2, 0) is 16.6 Å². The van der Waals surface area contributed by atoms with Crippen LogP contribution >= 0.6 is 0 Å². The molecule has 7 heteroatoms. The van der Waals surface area contributed by atoms with Crippen molar-refractivity contribution < 1.29 is 13.5 Å². The molecule has 0 fully saturated rings. The number of aromatic nitrogens is 2. The minimum Gasteiger partial charge on any atom is -0.384 e. The van der Waals surface area contributed by atoms with Crippen molar-refractivity contribution in [2.24, 2.45) is 0 Å². The lowest BCUT2D eigenvalue weighted by Gasteiger charge is -2.06. The van der Waals surface area contributed by atoms with Crippen LogP contribution in [0.25, 0.3) is 0 Å². The summed E-state index contributed by atoms with van der Waals surface area (Å²) in [6.45, 7) is 1.72. The first-order chi connectivity index (χ1) is 10.0. The van der Waals surface area contributed by atoms with Crippen LogP contribution < -0.4 is 4.72 Å². The van der Waals surface area contributed by atoms with Crippen molar-refractivity contribution in [3.63, 3.8) is 0 Å². The van der Waals surface area contributed by atoms with Crippen LogP contribution in [0.2, 0.25) is 0 Å². The summed E-state index contributed by atoms with van der Waals surface area (Å²) in [6, 6.07) is 6.25. The van der Waals surface area contributed by atoms with Crippen LogP contribution in [-0.4, -0.2) is 30.3 Å². The van der Waals surface area contributed by atoms with E-state index in [0.29, 0.717) is 5.56 Å². The van der Waals surface area contributed by atoms with Gasteiger partial charge in [0.2, 0.25) is 10.0 Å². The standard InChI is InChI=1S/C14H15N3O3S/c1-11-13(9-15-17-11)10-16-21(19,20)14-6-2-4-12(8-14)5-3-7-18/h2,4,6,8-9,16,18H,7,10H2,1H3,(H,15,17). The molecule has 0 aliphatic carbocycles. The molecule has 21 heavy (non-hydrogen) atoms. The fourth-order valence-electron chi connectivity index (χ4n) is 1.69. The quantitative estimate of drug-likeness (QED) is 0.719. The summed E-state index contributed by atoms with van der Waals surface area (Å²) in [5.74, 6) is 5.16. The third-order valence-corrected chi connectivity index (χ3v) is 4.24. The number of nitrogens with one attached hydrogen (secondary N) is 2. The second kappa shape index (κ2) is 6.54. The Morgan fingerprint density at radius 2 is 2.24 bits per heavy atom. The second-order valence-corrected chi connectivity index (χ2v) is 6.10. The number of aliphatic hydroxyl groups excluding tert-OH is 1. The van der Waals surface area contributed by atoms with Gasteiger partial charge in [0, 0.05) is 23.4 Å². The van der Waals surface area contributed by atoms with E-state index in [1.54, 1.807) is 18.3 Å². The lowest BCUT2D eigenvalue weighted by molar-refractivity contribution is 0.350. The third kappa shape index (κ3) is 3.92. The predicted molar refractivity (Wildman–Crippen MR) is 77.8 cm³/mol. The Balaban J connectivity index is 2.17. The molecule has 0 atom stereocenters. The molecule has 1 heterocycles. The number of sulfonamides is 1. The van der Waals surface area contributed by atoms with Gasteiger partial charge in [-0.3, -0.25) is 5.10 Å². The first kappa shape index (κ1) is 15.3. The molecule has 2 rings (SSSR count). The maximum absolute atomic E-state index is 12.2. The first-order valence-electron chi connectivity index (χ1n) is 6.21. The molecule has 0 unspecified atom stereocenters. The van der Waals surface area contributed by atoms with Crippen molar-refractivity contribution in [2.45, 2.75) is 18.4 Å². The molecule has 0 spiro atoms. The molecule has 110 valence electrons. The predicted octanol–water partition coefficient (Wildman–Crippen LogP) is 0.540. The number of nitrogens with zero attached hydrogens (tertiary/aromatic N) is 1. The van der Waals surface area contributed by atoms with Gasteiger partial charge >= 0.3 is 0 Å². The molecule has 1 aromatic carbocycles. The van der Waals surface area contributed by atoms with Gasteiger partial charge in [0.25, 0.3) is 0 Å². The number of benzene rings is 1. The van der Waals surface area contributed by atoms with Crippen molar-refractivity contribution >= 4 is 10.0 Å². The molecular formula is C14H15N3O3S. The van der Waals surface area contributed by atoms with E-state index in [0.717, 1.165) is 11.3 Å². The molecule has 0 saturated heterocycles. The van der Waals surface area contributed by atoms with E-state index in [2.05, 4.69) is 26.8 Å². The van der Waals surface area contributed by atoms with Crippen LogP contribution in [0.3, 0.4) is 0 Å². The molecule has 1 aromatic heterocycles. The SMILES string of the molecule is Cc1[nH]ncc1CNS(=O)(=O)c1cccc(C#CCO)c1. The highest BCUT2D eigenvalue weighted by atomic mass is 32.2. The molecule has 2 aromatic rings. The number of aromatic amines is 1. The number of rotatable bonds is 4. The Hall–Kier alpha value is -2.14. The first-order valence-corrected chi connectivity index (χ1v) is 7.69. The van der Waals surface area contributed by atoms with Gasteiger partial charge < -0.3 is 5.11 Å². The molecule has 0 amide bonds. The number of hydrogen-bond acceptors (Lipinski definition) is 4. The van der Waals surface area contributed by atoms with Crippen LogP contribution in [0, 0.1) is 18.8 Å². The van der Waals surface area contributed by atoms with Gasteiger partial charge in [0.15, 0.2) is 0 Å². The molecular weight excluding hydrogens is 290 g/mol. The van der Waals surface area contributed by atoms with Gasteiger partial charge in [-0.05, 0) is 25.1 Å². The lowest BCUT2D eigenvalue weighted by Crippen LogP contribution is -2.23. The van der Waals surface area contributed by atoms with Crippen LogP contribution in [0.5, 0.6) is 0 Å². The van der Waals surface area contributed by atoms with Gasteiger partial charge in [-0.2, -0.15) is 5.10 Å². The van der Waals surface area contributed by atoms with E-state index in [-0.39, 0.29) is 18.0 Å². The van der Waals surface area contributed by atoms with E-state index in [1.807, 2.05) is 6.92 Å². The van der Waals surface area contributed by atoms with E-state index in [1.165, 1.54) is 12.1 Å². The fraction of sp³-hybridized carbons (Fsp3) is 0.214. The zero-order valence-corrected chi connectivity index (χ0v) is 12.2. The van der Waals surface area contributed by atoms with Crippen molar-refractivity contribution in [1.29, 1.82) is 0 Å². The number of aryl methyl sites for hydroxylation is 1. The largest absolute Gasteiger partial charge is 0.384 e. The molecule has 0 bridgehead atoms. The van der Waals surface area contributed by atoms with Gasteiger partial charge in [0.1, 0.15) is 6.61 Å². The monoisotopic (exact) mass is 305 g/mol. The minimum atomic E-state index is -3.62. The van der Waals surface area contributed by atoms with E-state index >= 15 is 0 Å². The Kier molecular flexibility index (Phi) is 4.75. The average Bonchev–Trinajstić information content (AvgIpc) is 2.89.